The number of benzene rings is 3. The van der Waals surface area contributed by atoms with Crippen LogP contribution in [0.2, 0.25) is 0 Å². The van der Waals surface area contributed by atoms with Crippen LogP contribution < -0.4 is 10.6 Å². The van der Waals surface area contributed by atoms with Crippen molar-refractivity contribution in [1.29, 1.82) is 0 Å². The second-order valence-electron chi connectivity index (χ2n) is 7.04. The molecule has 1 heterocycles. The van der Waals surface area contributed by atoms with Crippen molar-refractivity contribution in [2.24, 2.45) is 0 Å². The minimum atomic E-state index is -0.561. The lowest BCUT2D eigenvalue weighted by Gasteiger charge is -2.10. The second kappa shape index (κ2) is 9.10. The number of nitro groups is 1. The zero-order valence-electron chi connectivity index (χ0n) is 17.3. The number of aromatic nitrogens is 2. The molecule has 10 heteroatoms. The van der Waals surface area contributed by atoms with E-state index in [1.807, 2.05) is 13.0 Å². The summed E-state index contributed by atoms with van der Waals surface area (Å²) in [5.74, 6) is -0.826. The molecular weight excluding hydrogens is 426 g/mol. The number of rotatable bonds is 6. The predicted octanol–water partition coefficient (Wildman–Crippen LogP) is 4.46. The van der Waals surface area contributed by atoms with Crippen LogP contribution in [-0.4, -0.2) is 26.9 Å². The zero-order chi connectivity index (χ0) is 23.4. The van der Waals surface area contributed by atoms with Gasteiger partial charge >= 0.3 is 6.01 Å². The molecule has 0 radical (unpaired) electrons. The van der Waals surface area contributed by atoms with Gasteiger partial charge in [0.1, 0.15) is 0 Å². The number of aryl methyl sites for hydroxylation is 1. The van der Waals surface area contributed by atoms with E-state index >= 15 is 0 Å². The summed E-state index contributed by atoms with van der Waals surface area (Å²) in [6.07, 6.45) is 0. The van der Waals surface area contributed by atoms with Crippen molar-refractivity contribution in [2.75, 3.05) is 10.6 Å². The molecule has 0 spiro atoms. The minimum absolute atomic E-state index is 0.0730. The summed E-state index contributed by atoms with van der Waals surface area (Å²) >= 11 is 0. The summed E-state index contributed by atoms with van der Waals surface area (Å²) in [7, 11) is 0. The molecule has 10 nitrogen and oxygen atoms in total. The second-order valence-corrected chi connectivity index (χ2v) is 7.04. The summed E-state index contributed by atoms with van der Waals surface area (Å²) in [6.45, 7) is 1.88. The molecule has 164 valence electrons. The molecule has 0 saturated heterocycles. The van der Waals surface area contributed by atoms with Gasteiger partial charge in [0, 0.05) is 23.3 Å². The molecule has 2 amide bonds. The largest absolute Gasteiger partial charge is 0.403 e. The molecule has 0 fully saturated rings. The van der Waals surface area contributed by atoms with Gasteiger partial charge in [-0.15, -0.1) is 5.10 Å². The first kappa shape index (κ1) is 21.4. The quantitative estimate of drug-likeness (QED) is 0.331. The lowest BCUT2D eigenvalue weighted by molar-refractivity contribution is -0.384. The van der Waals surface area contributed by atoms with E-state index in [0.29, 0.717) is 16.8 Å². The Labute approximate surface area is 187 Å². The number of hydrogen-bond acceptors (Lipinski definition) is 7. The van der Waals surface area contributed by atoms with E-state index in [2.05, 4.69) is 20.8 Å². The number of carbonyl (C=O) groups is 2. The number of nitrogens with one attached hydrogen (secondary N) is 2. The minimum Gasteiger partial charge on any atom is -0.403 e. The van der Waals surface area contributed by atoms with Crippen LogP contribution >= 0.6 is 0 Å². The summed E-state index contributed by atoms with van der Waals surface area (Å²) in [6, 6.07) is 19.0. The number of amides is 2. The first-order valence-corrected chi connectivity index (χ1v) is 9.77. The van der Waals surface area contributed by atoms with Crippen LogP contribution in [0.15, 0.2) is 77.2 Å². The molecule has 2 N–H and O–H groups in total. The molecule has 1 aromatic heterocycles. The first-order chi connectivity index (χ1) is 15.9. The highest BCUT2D eigenvalue weighted by molar-refractivity contribution is 6.12. The van der Waals surface area contributed by atoms with Crippen molar-refractivity contribution in [3.8, 4) is 11.5 Å². The highest BCUT2D eigenvalue weighted by Gasteiger charge is 2.18. The summed E-state index contributed by atoms with van der Waals surface area (Å²) in [5, 5.41) is 23.7. The van der Waals surface area contributed by atoms with Gasteiger partial charge in [-0.3, -0.25) is 25.0 Å². The number of nitro benzene ring substituents is 1. The van der Waals surface area contributed by atoms with Gasteiger partial charge in [0.2, 0.25) is 5.89 Å². The summed E-state index contributed by atoms with van der Waals surface area (Å²) in [5.41, 5.74) is 2.31. The van der Waals surface area contributed by atoms with Gasteiger partial charge in [0.25, 0.3) is 17.5 Å². The van der Waals surface area contributed by atoms with Gasteiger partial charge < -0.3 is 9.73 Å². The van der Waals surface area contributed by atoms with Gasteiger partial charge in [0.15, 0.2) is 0 Å². The Bertz CT molecular complexity index is 1350. The molecule has 4 rings (SSSR count). The molecule has 3 aromatic carbocycles. The van der Waals surface area contributed by atoms with Gasteiger partial charge in [-0.25, -0.2) is 0 Å². The van der Waals surface area contributed by atoms with Crippen LogP contribution in [0, 0.1) is 17.0 Å². The maximum Gasteiger partial charge on any atom is 0.322 e. The molecule has 0 aliphatic heterocycles. The van der Waals surface area contributed by atoms with Crippen LogP contribution in [0.5, 0.6) is 0 Å². The van der Waals surface area contributed by atoms with E-state index in [0.717, 1.165) is 5.56 Å². The Hall–Kier alpha value is -4.86. The Morgan fingerprint density at radius 3 is 2.39 bits per heavy atom. The predicted molar refractivity (Wildman–Crippen MR) is 120 cm³/mol. The van der Waals surface area contributed by atoms with E-state index in [1.54, 1.807) is 42.5 Å². The van der Waals surface area contributed by atoms with E-state index in [-0.39, 0.29) is 29.1 Å². The van der Waals surface area contributed by atoms with E-state index in [9.17, 15) is 19.7 Å². The highest BCUT2D eigenvalue weighted by atomic mass is 16.6. The Balaban J connectivity index is 1.49. The van der Waals surface area contributed by atoms with Crippen molar-refractivity contribution < 1.29 is 18.9 Å². The number of non-ortho nitro benzene ring substituents is 1. The topological polar surface area (TPSA) is 140 Å². The van der Waals surface area contributed by atoms with Crippen LogP contribution in [0.1, 0.15) is 26.3 Å². The van der Waals surface area contributed by atoms with Gasteiger partial charge in [-0.1, -0.05) is 34.9 Å². The fraction of sp³-hybridized carbons (Fsp3) is 0.0435. The van der Waals surface area contributed by atoms with E-state index in [4.69, 9.17) is 4.42 Å². The third-order valence-electron chi connectivity index (χ3n) is 4.67. The maximum atomic E-state index is 12.8. The van der Waals surface area contributed by atoms with E-state index in [1.165, 1.54) is 24.3 Å². The smallest absolute Gasteiger partial charge is 0.322 e. The standard InChI is InChI=1S/C23H17N5O5/c1-14-5-4-6-16(13-14)20(29)24-19-8-3-2-7-18(19)21(30)25-23-27-26-22(33-23)15-9-11-17(12-10-15)28(31)32/h2-13H,1H3,(H,24,29)(H,25,27,30). The van der Waals surface area contributed by atoms with Crippen LogP contribution in [0.25, 0.3) is 11.5 Å². The third kappa shape index (κ3) is 4.90. The lowest BCUT2D eigenvalue weighted by Crippen LogP contribution is -2.18. The molecule has 0 saturated carbocycles. The summed E-state index contributed by atoms with van der Waals surface area (Å²) < 4.78 is 5.45. The molecule has 4 aromatic rings. The molecule has 0 aliphatic carbocycles. The van der Waals surface area contributed by atoms with Crippen molar-refractivity contribution in [2.45, 2.75) is 6.92 Å². The number of nitrogens with zero attached hydrogens (tertiary/aromatic N) is 3. The van der Waals surface area contributed by atoms with Gasteiger partial charge in [0.05, 0.1) is 16.2 Å². The fourth-order valence-corrected chi connectivity index (χ4v) is 3.05. The zero-order valence-corrected chi connectivity index (χ0v) is 17.3. The molecule has 0 atom stereocenters. The number of anilines is 2. The fourth-order valence-electron chi connectivity index (χ4n) is 3.05. The SMILES string of the molecule is Cc1cccc(C(=O)Nc2ccccc2C(=O)Nc2nnc(-c3ccc([N+](=O)[O-])cc3)o2)c1. The average molecular weight is 443 g/mol. The Morgan fingerprint density at radius 2 is 1.67 bits per heavy atom. The molecule has 0 bridgehead atoms. The summed E-state index contributed by atoms with van der Waals surface area (Å²) in [4.78, 5) is 35.7. The van der Waals surface area contributed by atoms with Gasteiger partial charge in [-0.05, 0) is 43.3 Å². The normalized spacial score (nSPS) is 10.5. The van der Waals surface area contributed by atoms with E-state index < -0.39 is 10.8 Å². The van der Waals surface area contributed by atoms with Crippen LogP contribution in [0.4, 0.5) is 17.4 Å². The average Bonchev–Trinajstić information content (AvgIpc) is 3.28. The number of hydrogen-bond donors (Lipinski definition) is 2. The maximum absolute atomic E-state index is 12.8. The Morgan fingerprint density at radius 1 is 0.909 bits per heavy atom. The van der Waals surface area contributed by atoms with Gasteiger partial charge in [-0.2, -0.15) is 0 Å². The molecular formula is C23H17N5O5. The van der Waals surface area contributed by atoms with Crippen molar-refractivity contribution >= 4 is 29.2 Å². The van der Waals surface area contributed by atoms with Crippen molar-refractivity contribution in [3.05, 3.63) is 99.6 Å². The molecule has 0 aliphatic rings. The number of carbonyl (C=O) groups excluding carboxylic acids is 2. The molecule has 0 unspecified atom stereocenters. The lowest BCUT2D eigenvalue weighted by atomic mass is 10.1. The number of para-hydroxylation sites is 1. The first-order valence-electron chi connectivity index (χ1n) is 9.77. The van der Waals surface area contributed by atoms with Crippen molar-refractivity contribution in [1.82, 2.24) is 10.2 Å². The van der Waals surface area contributed by atoms with Crippen LogP contribution in [-0.2, 0) is 0 Å². The third-order valence-corrected chi connectivity index (χ3v) is 4.67. The van der Waals surface area contributed by atoms with Crippen molar-refractivity contribution in [3.63, 3.8) is 0 Å². The Kier molecular flexibility index (Phi) is 5.90. The van der Waals surface area contributed by atoms with Crippen LogP contribution in [0.3, 0.4) is 0 Å². The molecule has 33 heavy (non-hydrogen) atoms. The monoisotopic (exact) mass is 443 g/mol. The highest BCUT2D eigenvalue weighted by Crippen LogP contribution is 2.24.